The number of anilines is 1. The topological polar surface area (TPSA) is 127 Å². The highest BCUT2D eigenvalue weighted by Gasteiger charge is 2.57. The summed E-state index contributed by atoms with van der Waals surface area (Å²) in [7, 11) is 0. The number of ether oxygens (including phenoxy) is 1. The van der Waals surface area contributed by atoms with E-state index < -0.39 is 11.3 Å². The molecule has 2 saturated heterocycles. The summed E-state index contributed by atoms with van der Waals surface area (Å²) in [5.41, 5.74) is 11.4. The van der Waals surface area contributed by atoms with Crippen LogP contribution in [0.15, 0.2) is 48.7 Å². The molecule has 4 aromatic rings. The Morgan fingerprint density at radius 2 is 1.84 bits per heavy atom. The fourth-order valence-corrected chi connectivity index (χ4v) is 7.86. The van der Waals surface area contributed by atoms with E-state index in [1.807, 2.05) is 36.0 Å². The van der Waals surface area contributed by atoms with E-state index in [2.05, 4.69) is 34.8 Å². The first-order valence-electron chi connectivity index (χ1n) is 18.7. The van der Waals surface area contributed by atoms with E-state index in [-0.39, 0.29) is 30.9 Å². The molecule has 4 N–H and O–H groups in total. The van der Waals surface area contributed by atoms with Gasteiger partial charge in [0, 0.05) is 55.7 Å². The van der Waals surface area contributed by atoms with Crippen LogP contribution in [0.4, 0.5) is 10.1 Å². The molecular weight excluding hydrogens is 645 g/mol. The van der Waals surface area contributed by atoms with E-state index in [0.29, 0.717) is 50.5 Å². The molecule has 7 rings (SSSR count). The van der Waals surface area contributed by atoms with E-state index in [9.17, 15) is 9.59 Å². The number of hydrogen-bond donors (Lipinski definition) is 3. The number of rotatable bonds is 13. The lowest BCUT2D eigenvalue weighted by molar-refractivity contribution is -0.144. The number of benzene rings is 2. The van der Waals surface area contributed by atoms with E-state index >= 15 is 4.39 Å². The van der Waals surface area contributed by atoms with Crippen molar-refractivity contribution >= 4 is 28.5 Å². The first-order valence-corrected chi connectivity index (χ1v) is 18.7. The number of halogens is 1. The van der Waals surface area contributed by atoms with Crippen LogP contribution in [0.5, 0.6) is 0 Å². The van der Waals surface area contributed by atoms with Crippen molar-refractivity contribution in [3.8, 4) is 11.1 Å². The lowest BCUT2D eigenvalue weighted by atomic mass is 9.89. The number of nitrogens with two attached hydrogens (primary N) is 1. The molecule has 1 saturated carbocycles. The van der Waals surface area contributed by atoms with Gasteiger partial charge in [0.2, 0.25) is 11.8 Å². The normalized spacial score (nSPS) is 17.8. The summed E-state index contributed by atoms with van der Waals surface area (Å²) < 4.78 is 23.1. The molecule has 270 valence electrons. The number of carbonyl (C=O) groups is 2. The predicted octanol–water partition coefficient (Wildman–Crippen LogP) is 5.75. The number of primary amides is 1. The number of fused-ring (bicyclic) bond motifs is 1. The Labute approximate surface area is 299 Å². The summed E-state index contributed by atoms with van der Waals surface area (Å²) in [5, 5.41) is 12.8. The van der Waals surface area contributed by atoms with Gasteiger partial charge in [0.15, 0.2) is 5.65 Å². The third kappa shape index (κ3) is 7.37. The monoisotopic (exact) mass is 695 g/mol. The van der Waals surface area contributed by atoms with Crippen LogP contribution in [-0.2, 0) is 46.8 Å². The molecule has 2 aromatic carbocycles. The highest BCUT2D eigenvalue weighted by Crippen LogP contribution is 2.48. The van der Waals surface area contributed by atoms with Crippen molar-refractivity contribution < 1.29 is 18.7 Å². The fourth-order valence-electron chi connectivity index (χ4n) is 7.86. The first-order chi connectivity index (χ1) is 24.8. The minimum absolute atomic E-state index is 0.183. The molecule has 2 aliphatic heterocycles. The molecule has 11 heteroatoms. The Morgan fingerprint density at radius 3 is 2.55 bits per heavy atom. The number of aryl methyl sites for hydroxylation is 2. The summed E-state index contributed by atoms with van der Waals surface area (Å²) in [4.78, 5) is 34.0. The predicted molar refractivity (Wildman–Crippen MR) is 196 cm³/mol. The Morgan fingerprint density at radius 1 is 1.06 bits per heavy atom. The Balaban J connectivity index is 1.25. The summed E-state index contributed by atoms with van der Waals surface area (Å²) in [6.07, 6.45) is 8.29. The van der Waals surface area contributed by atoms with Crippen LogP contribution in [0.1, 0.15) is 74.8 Å². The Hall–Kier alpha value is -4.35. The van der Waals surface area contributed by atoms with Gasteiger partial charge in [-0.15, -0.1) is 0 Å². The Kier molecular flexibility index (Phi) is 10.4. The van der Waals surface area contributed by atoms with Crippen molar-refractivity contribution in [2.45, 2.75) is 90.9 Å². The third-order valence-electron chi connectivity index (χ3n) is 11.1. The molecule has 3 aliphatic rings. The molecule has 10 nitrogen and oxygen atoms in total. The first kappa shape index (κ1) is 35.1. The van der Waals surface area contributed by atoms with E-state index in [4.69, 9.17) is 15.5 Å². The number of aromatic nitrogens is 3. The molecule has 0 spiro atoms. The molecule has 0 atom stereocenters. The van der Waals surface area contributed by atoms with E-state index in [1.54, 1.807) is 11.0 Å². The van der Waals surface area contributed by atoms with Crippen LogP contribution in [-0.4, -0.2) is 63.8 Å². The van der Waals surface area contributed by atoms with Crippen LogP contribution >= 0.6 is 0 Å². The van der Waals surface area contributed by atoms with Gasteiger partial charge in [-0.25, -0.2) is 14.1 Å². The van der Waals surface area contributed by atoms with Crippen LogP contribution in [0, 0.1) is 17.2 Å². The highest BCUT2D eigenvalue weighted by atomic mass is 19.1. The van der Waals surface area contributed by atoms with Crippen molar-refractivity contribution in [2.24, 2.45) is 17.1 Å². The zero-order valence-electron chi connectivity index (χ0n) is 29.8. The van der Waals surface area contributed by atoms with Crippen molar-refractivity contribution in [2.75, 3.05) is 31.6 Å². The van der Waals surface area contributed by atoms with Crippen LogP contribution in [0.25, 0.3) is 22.2 Å². The fraction of sp³-hybridized carbons (Fsp3) is 0.500. The minimum atomic E-state index is -1.23. The minimum Gasteiger partial charge on any atom is -0.381 e. The second kappa shape index (κ2) is 15.1. The van der Waals surface area contributed by atoms with E-state index in [0.717, 1.165) is 84.3 Å². The molecular formula is C40H50FN7O3. The lowest BCUT2D eigenvalue weighted by Gasteiger charge is -2.30. The van der Waals surface area contributed by atoms with Crippen molar-refractivity contribution in [1.82, 2.24) is 25.0 Å². The summed E-state index contributed by atoms with van der Waals surface area (Å²) in [5.74, 6) is -0.600. The zero-order chi connectivity index (χ0) is 35.5. The van der Waals surface area contributed by atoms with Gasteiger partial charge in [-0.05, 0) is 106 Å². The smallest absolute Gasteiger partial charge is 0.238 e. The number of hydrogen-bond acceptors (Lipinski definition) is 7. The maximum absolute atomic E-state index is 15.6. The molecule has 0 bridgehead atoms. The highest BCUT2D eigenvalue weighted by molar-refractivity contribution is 6.07. The van der Waals surface area contributed by atoms with Gasteiger partial charge >= 0.3 is 0 Å². The standard InChI is InChI=1S/C40H50FN7O3/c1-3-35-33(36(45-30-12-18-51-19-13-30)32-23-44-48(4-2)37(32)46-35)25-47(39(50)40(14-15-40)38(42)49)24-28-8-9-34(41)31(22-28)29-7-5-6-27(21-29)20-26-10-16-43-17-11-26/h5-9,21-23,26,30,43H,3-4,10-20,24-25H2,1-2H3,(H2,42,49)(H,45,46). The maximum atomic E-state index is 15.6. The number of amides is 2. The molecule has 2 amide bonds. The molecule has 51 heavy (non-hydrogen) atoms. The second-order valence-electron chi connectivity index (χ2n) is 14.5. The van der Waals surface area contributed by atoms with Crippen molar-refractivity contribution in [3.63, 3.8) is 0 Å². The summed E-state index contributed by atoms with van der Waals surface area (Å²) in [6, 6.07) is 13.4. The average Bonchev–Trinajstić information content (AvgIpc) is 3.87. The summed E-state index contributed by atoms with van der Waals surface area (Å²) >= 11 is 0. The molecule has 0 unspecified atom stereocenters. The largest absolute Gasteiger partial charge is 0.381 e. The van der Waals surface area contributed by atoms with Gasteiger partial charge in [0.1, 0.15) is 11.2 Å². The SMILES string of the molecule is CCc1nc2c(cnn2CC)c(NC2CCOCC2)c1CN(Cc1ccc(F)c(-c2cccc(CC3CCNCC3)c2)c1)C(=O)C1(C(N)=O)CC1. The van der Waals surface area contributed by atoms with Crippen molar-refractivity contribution in [1.29, 1.82) is 0 Å². The van der Waals surface area contributed by atoms with E-state index in [1.165, 1.54) is 11.6 Å². The third-order valence-corrected chi connectivity index (χ3v) is 11.1. The van der Waals surface area contributed by atoms with Gasteiger partial charge in [-0.3, -0.25) is 9.59 Å². The zero-order valence-corrected chi connectivity index (χ0v) is 29.8. The molecule has 3 fully saturated rings. The number of pyridine rings is 1. The van der Waals surface area contributed by atoms with Crippen molar-refractivity contribution in [3.05, 3.63) is 76.9 Å². The van der Waals surface area contributed by atoms with Crippen LogP contribution in [0.2, 0.25) is 0 Å². The maximum Gasteiger partial charge on any atom is 0.238 e. The molecule has 1 aliphatic carbocycles. The average molecular weight is 696 g/mol. The Bertz CT molecular complexity index is 1890. The number of carbonyl (C=O) groups excluding carboxylic acids is 2. The van der Waals surface area contributed by atoms with Crippen LogP contribution in [0.3, 0.4) is 0 Å². The van der Waals surface area contributed by atoms with Gasteiger partial charge in [-0.2, -0.15) is 5.10 Å². The number of nitrogens with zero attached hydrogens (tertiary/aromatic N) is 4. The summed E-state index contributed by atoms with van der Waals surface area (Å²) in [6.45, 7) is 8.59. The second-order valence-corrected chi connectivity index (χ2v) is 14.5. The molecule has 2 aromatic heterocycles. The quantitative estimate of drug-likeness (QED) is 0.152. The number of piperidine rings is 1. The molecule has 4 heterocycles. The van der Waals surface area contributed by atoms with Gasteiger partial charge in [0.05, 0.1) is 17.3 Å². The lowest BCUT2D eigenvalue weighted by Crippen LogP contribution is -2.43. The van der Waals surface area contributed by atoms with Gasteiger partial charge in [0.25, 0.3) is 0 Å². The van der Waals surface area contributed by atoms with Gasteiger partial charge < -0.3 is 26.0 Å². The van der Waals surface area contributed by atoms with Crippen LogP contribution < -0.4 is 16.4 Å². The van der Waals surface area contributed by atoms with Gasteiger partial charge in [-0.1, -0.05) is 37.3 Å². The molecule has 0 radical (unpaired) electrons. The number of nitrogens with one attached hydrogen (secondary N) is 2.